The maximum Gasteiger partial charge on any atom is 0.271 e. The van der Waals surface area contributed by atoms with Crippen LogP contribution in [0.1, 0.15) is 30.1 Å². The maximum atomic E-state index is 13.4. The van der Waals surface area contributed by atoms with Gasteiger partial charge in [0, 0.05) is 29.5 Å². The van der Waals surface area contributed by atoms with E-state index in [9.17, 15) is 14.4 Å². The Hall–Kier alpha value is -2.67. The van der Waals surface area contributed by atoms with Gasteiger partial charge in [-0.05, 0) is 43.3 Å². The first-order chi connectivity index (χ1) is 13.0. The molecule has 3 amide bonds. The van der Waals surface area contributed by atoms with Crippen molar-refractivity contribution in [2.45, 2.75) is 25.4 Å². The van der Waals surface area contributed by atoms with Crippen LogP contribution in [-0.2, 0) is 9.59 Å². The lowest BCUT2D eigenvalue weighted by Gasteiger charge is -2.48. The highest BCUT2D eigenvalue weighted by Crippen LogP contribution is 2.44. The second-order valence-corrected chi connectivity index (χ2v) is 7.49. The van der Waals surface area contributed by atoms with E-state index >= 15 is 0 Å². The Labute approximate surface area is 165 Å². The monoisotopic (exact) mass is 427 g/mol. The molecule has 2 aliphatic rings. The van der Waals surface area contributed by atoms with E-state index in [-0.39, 0.29) is 30.6 Å². The van der Waals surface area contributed by atoms with Crippen LogP contribution in [0.25, 0.3) is 0 Å². The molecule has 138 valence electrons. The summed E-state index contributed by atoms with van der Waals surface area (Å²) >= 11 is 3.37. The molecule has 0 saturated carbocycles. The third-order valence-electron chi connectivity index (χ3n) is 5.16. The average Bonchev–Trinajstić information content (AvgIpc) is 3.02. The number of fused-ring (bicyclic) bond motifs is 3. The van der Waals surface area contributed by atoms with Crippen LogP contribution in [0.4, 0.5) is 11.4 Å². The standard InChI is InChI=1S/C20H18BrN3O3/c1-2-23-18(26)15-5-3-4-6-16(15)24-17(25)11-12-20(23,24)19(27)22-14-9-7-13(21)8-10-14/h3-10H,2,11-12H2,1H3,(H,22,27). The number of nitrogens with zero attached hydrogens (tertiary/aromatic N) is 2. The number of halogens is 1. The van der Waals surface area contributed by atoms with E-state index in [1.807, 2.05) is 19.1 Å². The predicted molar refractivity (Wildman–Crippen MR) is 105 cm³/mol. The van der Waals surface area contributed by atoms with Gasteiger partial charge >= 0.3 is 0 Å². The van der Waals surface area contributed by atoms with E-state index in [1.54, 1.807) is 36.4 Å². The predicted octanol–water partition coefficient (Wildman–Crippen LogP) is 3.39. The van der Waals surface area contributed by atoms with Crippen molar-refractivity contribution in [3.05, 3.63) is 58.6 Å². The Morgan fingerprint density at radius 1 is 1.15 bits per heavy atom. The molecule has 1 N–H and O–H groups in total. The topological polar surface area (TPSA) is 69.7 Å². The van der Waals surface area contributed by atoms with Crippen LogP contribution >= 0.6 is 15.9 Å². The lowest BCUT2D eigenvalue weighted by molar-refractivity contribution is -0.128. The van der Waals surface area contributed by atoms with E-state index in [0.29, 0.717) is 23.5 Å². The summed E-state index contributed by atoms with van der Waals surface area (Å²) in [5, 5.41) is 2.89. The Bertz CT molecular complexity index is 944. The van der Waals surface area contributed by atoms with Crippen LogP contribution in [0, 0.1) is 0 Å². The number of carbonyl (C=O) groups is 3. The van der Waals surface area contributed by atoms with Crippen molar-refractivity contribution < 1.29 is 14.4 Å². The van der Waals surface area contributed by atoms with Crippen LogP contribution in [-0.4, -0.2) is 34.8 Å². The highest BCUT2D eigenvalue weighted by molar-refractivity contribution is 9.10. The van der Waals surface area contributed by atoms with Crippen molar-refractivity contribution in [1.29, 1.82) is 0 Å². The molecule has 0 bridgehead atoms. The van der Waals surface area contributed by atoms with Crippen molar-refractivity contribution >= 4 is 45.0 Å². The van der Waals surface area contributed by atoms with Crippen molar-refractivity contribution in [3.8, 4) is 0 Å². The number of benzene rings is 2. The molecule has 0 aromatic heterocycles. The molecule has 2 aromatic carbocycles. The second-order valence-electron chi connectivity index (χ2n) is 6.57. The number of anilines is 2. The Kier molecular flexibility index (Phi) is 4.26. The Morgan fingerprint density at radius 3 is 2.56 bits per heavy atom. The van der Waals surface area contributed by atoms with E-state index in [4.69, 9.17) is 0 Å². The van der Waals surface area contributed by atoms with Gasteiger partial charge in [-0.1, -0.05) is 28.1 Å². The number of carbonyl (C=O) groups excluding carboxylic acids is 3. The summed E-state index contributed by atoms with van der Waals surface area (Å²) in [6.07, 6.45) is 0.480. The highest BCUT2D eigenvalue weighted by atomic mass is 79.9. The summed E-state index contributed by atoms with van der Waals surface area (Å²) in [5.41, 5.74) is 0.214. The van der Waals surface area contributed by atoms with Crippen LogP contribution in [0.15, 0.2) is 53.0 Å². The molecule has 6 nitrogen and oxygen atoms in total. The van der Waals surface area contributed by atoms with Gasteiger partial charge in [-0.3, -0.25) is 19.3 Å². The number of rotatable bonds is 3. The van der Waals surface area contributed by atoms with E-state index < -0.39 is 5.66 Å². The van der Waals surface area contributed by atoms with Crippen molar-refractivity contribution in [2.75, 3.05) is 16.8 Å². The van der Waals surface area contributed by atoms with E-state index in [0.717, 1.165) is 4.47 Å². The minimum absolute atomic E-state index is 0.153. The zero-order chi connectivity index (χ0) is 19.2. The zero-order valence-corrected chi connectivity index (χ0v) is 16.3. The number of likely N-dealkylation sites (N-methyl/N-ethyl adjacent to an activating group) is 1. The van der Waals surface area contributed by atoms with Crippen molar-refractivity contribution in [1.82, 2.24) is 4.90 Å². The molecule has 1 saturated heterocycles. The Balaban J connectivity index is 1.82. The number of amides is 3. The molecule has 4 rings (SSSR count). The summed E-state index contributed by atoms with van der Waals surface area (Å²) in [4.78, 5) is 42.3. The van der Waals surface area contributed by atoms with Gasteiger partial charge in [0.1, 0.15) is 0 Å². The molecule has 27 heavy (non-hydrogen) atoms. The van der Waals surface area contributed by atoms with Crippen LogP contribution < -0.4 is 10.2 Å². The van der Waals surface area contributed by atoms with Crippen molar-refractivity contribution in [2.24, 2.45) is 0 Å². The molecule has 1 fully saturated rings. The molecule has 7 heteroatoms. The zero-order valence-electron chi connectivity index (χ0n) is 14.7. The van der Waals surface area contributed by atoms with Crippen molar-refractivity contribution in [3.63, 3.8) is 0 Å². The van der Waals surface area contributed by atoms with Gasteiger partial charge in [0.15, 0.2) is 0 Å². The fraction of sp³-hybridized carbons (Fsp3) is 0.250. The van der Waals surface area contributed by atoms with Gasteiger partial charge in [0.2, 0.25) is 11.6 Å². The maximum absolute atomic E-state index is 13.4. The first kappa shape index (κ1) is 17.7. The number of hydrogen-bond acceptors (Lipinski definition) is 3. The average molecular weight is 428 g/mol. The molecular weight excluding hydrogens is 410 g/mol. The highest BCUT2D eigenvalue weighted by Gasteiger charge is 2.60. The van der Waals surface area contributed by atoms with Gasteiger partial charge in [-0.25, -0.2) is 0 Å². The van der Waals surface area contributed by atoms with Gasteiger partial charge in [0.25, 0.3) is 11.8 Å². The molecule has 1 unspecified atom stereocenters. The minimum Gasteiger partial charge on any atom is -0.322 e. The quantitative estimate of drug-likeness (QED) is 0.815. The molecular formula is C20H18BrN3O3. The Morgan fingerprint density at radius 2 is 1.85 bits per heavy atom. The summed E-state index contributed by atoms with van der Waals surface area (Å²) in [6.45, 7) is 2.15. The third-order valence-corrected chi connectivity index (χ3v) is 5.68. The summed E-state index contributed by atoms with van der Waals surface area (Å²) in [5.74, 6) is -0.760. The fourth-order valence-electron chi connectivity index (χ4n) is 3.97. The lowest BCUT2D eigenvalue weighted by atomic mass is 9.95. The van der Waals surface area contributed by atoms with Crippen LogP contribution in [0.2, 0.25) is 0 Å². The van der Waals surface area contributed by atoms with Gasteiger partial charge < -0.3 is 10.2 Å². The number of nitrogens with one attached hydrogen (secondary N) is 1. The smallest absolute Gasteiger partial charge is 0.271 e. The first-order valence-electron chi connectivity index (χ1n) is 8.80. The van der Waals surface area contributed by atoms with Gasteiger partial charge in [-0.2, -0.15) is 0 Å². The fourth-order valence-corrected chi connectivity index (χ4v) is 4.23. The molecule has 2 aliphatic heterocycles. The van der Waals surface area contributed by atoms with E-state index in [2.05, 4.69) is 21.2 Å². The SMILES string of the molecule is CCN1C(=O)c2ccccc2N2C(=O)CCC12C(=O)Nc1ccc(Br)cc1. The summed E-state index contributed by atoms with van der Waals surface area (Å²) in [6, 6.07) is 14.2. The normalized spacial score (nSPS) is 21.1. The van der Waals surface area contributed by atoms with Crippen LogP contribution in [0.3, 0.4) is 0 Å². The summed E-state index contributed by atoms with van der Waals surface area (Å²) in [7, 11) is 0. The molecule has 1 atom stereocenters. The second kappa shape index (κ2) is 6.49. The van der Waals surface area contributed by atoms with Crippen LogP contribution in [0.5, 0.6) is 0 Å². The summed E-state index contributed by atoms with van der Waals surface area (Å²) < 4.78 is 0.897. The number of para-hydroxylation sites is 1. The van der Waals surface area contributed by atoms with Gasteiger partial charge in [-0.15, -0.1) is 0 Å². The molecule has 0 aliphatic carbocycles. The molecule has 2 heterocycles. The lowest BCUT2D eigenvalue weighted by Crippen LogP contribution is -2.69. The minimum atomic E-state index is -1.34. The number of hydrogen-bond donors (Lipinski definition) is 1. The largest absolute Gasteiger partial charge is 0.322 e. The third kappa shape index (κ3) is 2.56. The van der Waals surface area contributed by atoms with Gasteiger partial charge in [0.05, 0.1) is 11.3 Å². The molecule has 2 aromatic rings. The van der Waals surface area contributed by atoms with E-state index in [1.165, 1.54) is 9.80 Å². The molecule has 0 radical (unpaired) electrons. The first-order valence-corrected chi connectivity index (χ1v) is 9.59. The molecule has 0 spiro atoms.